The molecule has 1 aliphatic rings. The van der Waals surface area contributed by atoms with Crippen molar-refractivity contribution >= 4 is 16.8 Å². The number of aromatic nitrogens is 3. The molecule has 0 spiro atoms. The molecule has 1 aliphatic heterocycles. The molecule has 1 amide bonds. The summed E-state index contributed by atoms with van der Waals surface area (Å²) in [5, 5.41) is 18.3. The van der Waals surface area contributed by atoms with Crippen molar-refractivity contribution in [2.45, 2.75) is 38.8 Å². The summed E-state index contributed by atoms with van der Waals surface area (Å²) >= 11 is 0. The topological polar surface area (TPSA) is 100 Å². The predicted molar refractivity (Wildman–Crippen MR) is 107 cm³/mol. The summed E-state index contributed by atoms with van der Waals surface area (Å²) in [6.07, 6.45) is 2.26. The van der Waals surface area contributed by atoms with Gasteiger partial charge in [0.1, 0.15) is 11.4 Å². The Kier molecular flexibility index (Phi) is 4.74. The molecule has 0 saturated carbocycles. The van der Waals surface area contributed by atoms with Gasteiger partial charge in [-0.3, -0.25) is 14.3 Å². The lowest BCUT2D eigenvalue weighted by Crippen LogP contribution is -2.42. The summed E-state index contributed by atoms with van der Waals surface area (Å²) in [7, 11) is 0. The molecule has 0 unspecified atom stereocenters. The molecule has 3 heterocycles. The summed E-state index contributed by atoms with van der Waals surface area (Å²) < 4.78 is 16.2. The van der Waals surface area contributed by atoms with Crippen LogP contribution in [0, 0.1) is 11.7 Å². The van der Waals surface area contributed by atoms with Gasteiger partial charge in [-0.1, -0.05) is 6.92 Å². The predicted octanol–water partition coefficient (Wildman–Crippen LogP) is 2.28. The number of hydrogen-bond acceptors (Lipinski definition) is 4. The Balaban J connectivity index is 1.73. The highest BCUT2D eigenvalue weighted by molar-refractivity contribution is 5.84. The average Bonchev–Trinajstić information content (AvgIpc) is 3.08. The minimum atomic E-state index is -1.44. The van der Waals surface area contributed by atoms with E-state index in [9.17, 15) is 19.1 Å². The van der Waals surface area contributed by atoms with Crippen molar-refractivity contribution in [3.05, 3.63) is 52.2 Å². The Morgan fingerprint density at radius 2 is 2.14 bits per heavy atom. The second-order valence-corrected chi connectivity index (χ2v) is 7.66. The van der Waals surface area contributed by atoms with Gasteiger partial charge in [0.2, 0.25) is 5.91 Å². The third-order valence-electron chi connectivity index (χ3n) is 5.73. The number of nitrogens with one attached hydrogen (secondary N) is 2. The number of fused-ring (bicyclic) bond motifs is 1. The second-order valence-electron chi connectivity index (χ2n) is 7.66. The highest BCUT2D eigenvalue weighted by Crippen LogP contribution is 2.30. The van der Waals surface area contributed by atoms with Gasteiger partial charge in [0.05, 0.1) is 29.2 Å². The lowest BCUT2D eigenvalue weighted by molar-refractivity contribution is -0.124. The largest absolute Gasteiger partial charge is 0.383 e. The monoisotopic (exact) mass is 398 g/mol. The van der Waals surface area contributed by atoms with Crippen molar-refractivity contribution in [3.63, 3.8) is 0 Å². The van der Waals surface area contributed by atoms with Gasteiger partial charge in [0.15, 0.2) is 0 Å². The molecule has 1 fully saturated rings. The average molecular weight is 398 g/mol. The SMILES string of the molecule is CCn1ncc2c(F)cc(-c3ccc([C@]4(O)CC[C@@H](C)C(=O)NC4)c(=O)[nH]3)cc21. The van der Waals surface area contributed by atoms with Crippen LogP contribution in [0.4, 0.5) is 4.39 Å². The number of nitrogens with zero attached hydrogens (tertiary/aromatic N) is 2. The third-order valence-corrected chi connectivity index (χ3v) is 5.73. The molecule has 0 bridgehead atoms. The summed E-state index contributed by atoms with van der Waals surface area (Å²) in [5.74, 6) is -0.771. The van der Waals surface area contributed by atoms with Crippen molar-refractivity contribution in [1.82, 2.24) is 20.1 Å². The summed E-state index contributed by atoms with van der Waals surface area (Å²) in [5.41, 5.74) is -0.106. The fourth-order valence-electron chi connectivity index (χ4n) is 3.86. The van der Waals surface area contributed by atoms with Gasteiger partial charge in [-0.2, -0.15) is 5.10 Å². The van der Waals surface area contributed by atoms with Crippen LogP contribution in [0.3, 0.4) is 0 Å². The van der Waals surface area contributed by atoms with Crippen LogP contribution < -0.4 is 10.9 Å². The Bertz CT molecular complexity index is 1150. The fourth-order valence-corrected chi connectivity index (χ4v) is 3.86. The summed E-state index contributed by atoms with van der Waals surface area (Å²) in [4.78, 5) is 27.4. The molecular formula is C21H23FN4O3. The Morgan fingerprint density at radius 3 is 2.86 bits per heavy atom. The molecule has 0 aliphatic carbocycles. The number of aliphatic hydroxyl groups is 1. The highest BCUT2D eigenvalue weighted by atomic mass is 19.1. The number of rotatable bonds is 3. The molecule has 3 N–H and O–H groups in total. The van der Waals surface area contributed by atoms with E-state index in [0.29, 0.717) is 41.5 Å². The maximum absolute atomic E-state index is 14.5. The van der Waals surface area contributed by atoms with Gasteiger partial charge in [0, 0.05) is 23.7 Å². The molecule has 152 valence electrons. The van der Waals surface area contributed by atoms with E-state index >= 15 is 0 Å². The second kappa shape index (κ2) is 7.11. The lowest BCUT2D eigenvalue weighted by Gasteiger charge is -2.26. The Hall–Kier alpha value is -3.00. The zero-order valence-corrected chi connectivity index (χ0v) is 16.3. The molecule has 2 aromatic heterocycles. The van der Waals surface area contributed by atoms with Crippen LogP contribution in [-0.4, -0.2) is 32.3 Å². The number of H-pyrrole nitrogens is 1. The van der Waals surface area contributed by atoms with Gasteiger partial charge >= 0.3 is 0 Å². The Labute approximate surface area is 166 Å². The van der Waals surface area contributed by atoms with E-state index in [1.54, 1.807) is 29.8 Å². The van der Waals surface area contributed by atoms with E-state index in [1.807, 2.05) is 6.92 Å². The molecule has 7 nitrogen and oxygen atoms in total. The van der Waals surface area contributed by atoms with E-state index < -0.39 is 17.0 Å². The zero-order valence-electron chi connectivity index (χ0n) is 16.3. The van der Waals surface area contributed by atoms with Crippen molar-refractivity contribution in [1.29, 1.82) is 0 Å². The fraction of sp³-hybridized carbons (Fsp3) is 0.381. The van der Waals surface area contributed by atoms with Gasteiger partial charge in [-0.05, 0) is 44.0 Å². The van der Waals surface area contributed by atoms with Crippen molar-refractivity contribution in [2.24, 2.45) is 5.92 Å². The number of halogens is 1. The van der Waals surface area contributed by atoms with Crippen LogP contribution in [0.1, 0.15) is 32.3 Å². The van der Waals surface area contributed by atoms with Crippen LogP contribution in [0.25, 0.3) is 22.2 Å². The number of hydrogen-bond donors (Lipinski definition) is 3. The van der Waals surface area contributed by atoms with Gasteiger partial charge in [-0.25, -0.2) is 4.39 Å². The standard InChI is InChI=1S/C21H23FN4O3/c1-3-26-18-9-13(8-16(22)14(18)10-24-26)17-5-4-15(20(28)25-17)21(29)7-6-12(2)19(27)23-11-21/h4-5,8-10,12,29H,3,6-7,11H2,1-2H3,(H,23,27)(H,25,28)/t12-,21+/m1/s1. The number of carbonyl (C=O) groups excluding carboxylic acids is 1. The van der Waals surface area contributed by atoms with Crippen LogP contribution in [0.2, 0.25) is 0 Å². The van der Waals surface area contributed by atoms with Crippen LogP contribution >= 0.6 is 0 Å². The van der Waals surface area contributed by atoms with Crippen LogP contribution in [0.5, 0.6) is 0 Å². The summed E-state index contributed by atoms with van der Waals surface area (Å²) in [6, 6.07) is 6.34. The minimum Gasteiger partial charge on any atom is -0.383 e. The van der Waals surface area contributed by atoms with Crippen molar-refractivity contribution in [3.8, 4) is 11.3 Å². The molecule has 1 aromatic carbocycles. The number of aryl methyl sites for hydroxylation is 1. The van der Waals surface area contributed by atoms with E-state index in [-0.39, 0.29) is 23.9 Å². The molecule has 8 heteroatoms. The zero-order chi connectivity index (χ0) is 20.8. The number of amides is 1. The van der Waals surface area contributed by atoms with E-state index in [0.717, 1.165) is 0 Å². The first kappa shape index (κ1) is 19.3. The van der Waals surface area contributed by atoms with Gasteiger partial charge in [0.25, 0.3) is 5.56 Å². The van der Waals surface area contributed by atoms with E-state index in [4.69, 9.17) is 0 Å². The van der Waals surface area contributed by atoms with Crippen LogP contribution in [0.15, 0.2) is 35.3 Å². The number of carbonyl (C=O) groups is 1. The van der Waals surface area contributed by atoms with Gasteiger partial charge < -0.3 is 15.4 Å². The highest BCUT2D eigenvalue weighted by Gasteiger charge is 2.36. The number of pyridine rings is 1. The first-order valence-electron chi connectivity index (χ1n) is 9.71. The maximum atomic E-state index is 14.5. The van der Waals surface area contributed by atoms with Crippen molar-refractivity contribution < 1.29 is 14.3 Å². The molecule has 2 atom stereocenters. The van der Waals surface area contributed by atoms with E-state index in [2.05, 4.69) is 15.4 Å². The molecule has 4 rings (SSSR count). The molecular weight excluding hydrogens is 375 g/mol. The minimum absolute atomic E-state index is 0.0190. The maximum Gasteiger partial charge on any atom is 0.254 e. The Morgan fingerprint density at radius 1 is 1.34 bits per heavy atom. The lowest BCUT2D eigenvalue weighted by atomic mass is 9.88. The molecule has 1 saturated heterocycles. The smallest absolute Gasteiger partial charge is 0.254 e. The molecule has 3 aromatic rings. The van der Waals surface area contributed by atoms with Crippen molar-refractivity contribution in [2.75, 3.05) is 6.54 Å². The van der Waals surface area contributed by atoms with E-state index in [1.165, 1.54) is 12.3 Å². The normalized spacial score (nSPS) is 22.5. The number of aromatic amines is 1. The molecule has 0 radical (unpaired) electrons. The first-order valence-corrected chi connectivity index (χ1v) is 9.71. The van der Waals surface area contributed by atoms with Crippen LogP contribution in [-0.2, 0) is 16.9 Å². The third kappa shape index (κ3) is 3.33. The molecule has 29 heavy (non-hydrogen) atoms. The first-order chi connectivity index (χ1) is 13.8. The number of β-amino-alcohol motifs (C(OH)–C–C–N with tert-alkyl or cyclic N) is 1. The summed E-state index contributed by atoms with van der Waals surface area (Å²) in [6.45, 7) is 4.29. The number of benzene rings is 1. The van der Waals surface area contributed by atoms with Gasteiger partial charge in [-0.15, -0.1) is 0 Å². The quantitative estimate of drug-likeness (QED) is 0.630.